The summed E-state index contributed by atoms with van der Waals surface area (Å²) in [6, 6.07) is 12.7. The van der Waals surface area contributed by atoms with E-state index in [1.165, 1.54) is 16.7 Å². The number of alkyl halides is 1. The first-order valence-corrected chi connectivity index (χ1v) is 10.6. The molecule has 0 bridgehead atoms. The van der Waals surface area contributed by atoms with E-state index in [9.17, 15) is 13.6 Å². The Balaban J connectivity index is 1.44. The first kappa shape index (κ1) is 22.1. The van der Waals surface area contributed by atoms with Crippen LogP contribution in [-0.4, -0.2) is 28.8 Å². The van der Waals surface area contributed by atoms with Crippen LogP contribution in [-0.2, 0) is 13.7 Å². The molecule has 6 nitrogen and oxygen atoms in total. The van der Waals surface area contributed by atoms with Gasteiger partial charge >= 0.3 is 5.69 Å². The molecular weight excluding hydrogens is 440 g/mol. The third-order valence-corrected chi connectivity index (χ3v) is 5.51. The molecule has 4 rings (SSSR count). The zero-order valence-corrected chi connectivity index (χ0v) is 18.2. The fraction of sp³-hybridized carbons (Fsp3) is 0.304. The van der Waals surface area contributed by atoms with E-state index in [2.05, 4.69) is 4.98 Å². The van der Waals surface area contributed by atoms with Crippen molar-refractivity contribution in [1.29, 1.82) is 0 Å². The smallest absolute Gasteiger partial charge is 0.352 e. The molecule has 1 fully saturated rings. The second kappa shape index (κ2) is 9.56. The molecule has 0 radical (unpaired) electrons. The second-order valence-corrected chi connectivity index (χ2v) is 8.00. The van der Waals surface area contributed by atoms with E-state index < -0.39 is 17.7 Å². The lowest BCUT2D eigenvalue weighted by atomic mass is 10.1. The molecule has 2 aromatic carbocycles. The summed E-state index contributed by atoms with van der Waals surface area (Å²) < 4.78 is 40.6. The van der Waals surface area contributed by atoms with Crippen molar-refractivity contribution in [3.63, 3.8) is 0 Å². The highest BCUT2D eigenvalue weighted by atomic mass is 35.5. The lowest BCUT2D eigenvalue weighted by Crippen LogP contribution is -2.38. The van der Waals surface area contributed by atoms with Crippen LogP contribution in [0.5, 0.6) is 17.4 Å². The van der Waals surface area contributed by atoms with E-state index >= 15 is 0 Å². The van der Waals surface area contributed by atoms with Crippen LogP contribution in [0.2, 0.25) is 5.02 Å². The summed E-state index contributed by atoms with van der Waals surface area (Å²) in [5.41, 5.74) is 0.0750. The molecule has 0 unspecified atom stereocenters. The third kappa shape index (κ3) is 5.19. The Bertz CT molecular complexity index is 1150. The lowest BCUT2D eigenvalue weighted by molar-refractivity contribution is 0.274. The van der Waals surface area contributed by atoms with Gasteiger partial charge in [0.1, 0.15) is 24.3 Å². The summed E-state index contributed by atoms with van der Waals surface area (Å²) in [4.78, 5) is 18.1. The Morgan fingerprint density at radius 3 is 2.53 bits per heavy atom. The van der Waals surface area contributed by atoms with E-state index in [0.29, 0.717) is 48.1 Å². The predicted molar refractivity (Wildman–Crippen MR) is 118 cm³/mol. The van der Waals surface area contributed by atoms with Crippen LogP contribution in [0.3, 0.4) is 0 Å². The molecule has 0 N–H and O–H groups in total. The van der Waals surface area contributed by atoms with E-state index in [4.69, 9.17) is 21.1 Å². The molecule has 0 spiro atoms. The van der Waals surface area contributed by atoms with Crippen molar-refractivity contribution in [2.45, 2.75) is 25.6 Å². The SMILES string of the molecule is Cn1c(N2CCC(F)CC2)cc(OCc2ccc(Oc3ccc(Cl)cc3)c(F)c2)nc1=O. The topological polar surface area (TPSA) is 56.6 Å². The molecule has 2 heterocycles. The molecular formula is C23H22ClF2N3O3. The molecule has 32 heavy (non-hydrogen) atoms. The number of aromatic nitrogens is 2. The first-order valence-electron chi connectivity index (χ1n) is 10.2. The average molecular weight is 462 g/mol. The summed E-state index contributed by atoms with van der Waals surface area (Å²) in [5, 5.41) is 0.560. The lowest BCUT2D eigenvalue weighted by Gasteiger charge is -2.31. The Morgan fingerprint density at radius 1 is 1.12 bits per heavy atom. The van der Waals surface area contributed by atoms with Crippen molar-refractivity contribution in [2.75, 3.05) is 18.0 Å². The van der Waals surface area contributed by atoms with Crippen molar-refractivity contribution < 1.29 is 18.3 Å². The molecule has 168 valence electrons. The highest BCUT2D eigenvalue weighted by Crippen LogP contribution is 2.27. The van der Waals surface area contributed by atoms with Gasteiger partial charge in [-0.25, -0.2) is 13.6 Å². The van der Waals surface area contributed by atoms with Crippen LogP contribution < -0.4 is 20.1 Å². The average Bonchev–Trinajstić information content (AvgIpc) is 2.78. The maximum Gasteiger partial charge on any atom is 0.352 e. The maximum atomic E-state index is 14.5. The highest BCUT2D eigenvalue weighted by molar-refractivity contribution is 6.30. The number of benzene rings is 2. The summed E-state index contributed by atoms with van der Waals surface area (Å²) in [5.74, 6) is 0.734. The normalized spacial score (nSPS) is 14.4. The molecule has 1 saturated heterocycles. The van der Waals surface area contributed by atoms with Crippen LogP contribution in [0, 0.1) is 5.82 Å². The van der Waals surface area contributed by atoms with Crippen LogP contribution >= 0.6 is 11.6 Å². The number of hydrogen-bond acceptors (Lipinski definition) is 5. The minimum absolute atomic E-state index is 0.0182. The van der Waals surface area contributed by atoms with Gasteiger partial charge in [-0.15, -0.1) is 0 Å². The Hall–Kier alpha value is -3.13. The predicted octanol–water partition coefficient (Wildman–Crippen LogP) is 4.88. The minimum atomic E-state index is -0.817. The molecule has 0 amide bonds. The number of rotatable bonds is 6. The van der Waals surface area contributed by atoms with Gasteiger partial charge in [-0.05, 0) is 54.8 Å². The summed E-state index contributed by atoms with van der Waals surface area (Å²) in [7, 11) is 1.62. The summed E-state index contributed by atoms with van der Waals surface area (Å²) in [6.07, 6.45) is 0.00899. The van der Waals surface area contributed by atoms with Crippen molar-refractivity contribution in [1.82, 2.24) is 9.55 Å². The molecule has 1 aliphatic rings. The second-order valence-electron chi connectivity index (χ2n) is 7.57. The maximum absolute atomic E-state index is 14.5. The van der Waals surface area contributed by atoms with Gasteiger partial charge in [0.05, 0.1) is 0 Å². The zero-order chi connectivity index (χ0) is 22.7. The Kier molecular flexibility index (Phi) is 6.60. The van der Waals surface area contributed by atoms with Crippen LogP contribution in [0.15, 0.2) is 53.3 Å². The fourth-order valence-corrected chi connectivity index (χ4v) is 3.59. The standard InChI is InChI=1S/C23H22ClF2N3O3/c1-28-22(29-10-8-17(25)9-11-29)13-21(27-23(28)30)31-14-15-2-7-20(19(26)12-15)32-18-5-3-16(24)4-6-18/h2-7,12-13,17H,8-11,14H2,1H3. The van der Waals surface area contributed by atoms with Gasteiger partial charge in [-0.2, -0.15) is 4.98 Å². The number of ether oxygens (including phenoxy) is 2. The van der Waals surface area contributed by atoms with Crippen molar-refractivity contribution >= 4 is 17.4 Å². The van der Waals surface area contributed by atoms with E-state index in [0.717, 1.165) is 0 Å². The van der Waals surface area contributed by atoms with Crippen molar-refractivity contribution in [3.05, 3.63) is 75.4 Å². The van der Waals surface area contributed by atoms with Crippen LogP contribution in [0.4, 0.5) is 14.6 Å². The van der Waals surface area contributed by atoms with Crippen molar-refractivity contribution in [2.24, 2.45) is 7.05 Å². The number of hydrogen-bond donors (Lipinski definition) is 0. The van der Waals surface area contributed by atoms with Gasteiger partial charge in [0.2, 0.25) is 5.88 Å². The van der Waals surface area contributed by atoms with Gasteiger partial charge in [0.25, 0.3) is 0 Å². The number of piperidine rings is 1. The number of halogens is 3. The molecule has 1 aliphatic heterocycles. The molecule has 0 atom stereocenters. The van der Waals surface area contributed by atoms with Crippen molar-refractivity contribution in [3.8, 4) is 17.4 Å². The monoisotopic (exact) mass is 461 g/mol. The molecule has 0 saturated carbocycles. The largest absolute Gasteiger partial charge is 0.473 e. The Labute approximate surface area is 189 Å². The van der Waals surface area contributed by atoms with E-state index in [1.54, 1.807) is 43.4 Å². The van der Waals surface area contributed by atoms with Gasteiger partial charge in [0.15, 0.2) is 11.6 Å². The first-order chi connectivity index (χ1) is 15.4. The fourth-order valence-electron chi connectivity index (χ4n) is 3.47. The van der Waals surface area contributed by atoms with Gasteiger partial charge in [0, 0.05) is 31.2 Å². The van der Waals surface area contributed by atoms with Gasteiger partial charge < -0.3 is 14.4 Å². The van der Waals surface area contributed by atoms with Crippen LogP contribution in [0.1, 0.15) is 18.4 Å². The van der Waals surface area contributed by atoms with Gasteiger partial charge in [-0.3, -0.25) is 4.57 Å². The molecule has 3 aromatic rings. The zero-order valence-electron chi connectivity index (χ0n) is 17.4. The van der Waals surface area contributed by atoms with Gasteiger partial charge in [-0.1, -0.05) is 17.7 Å². The minimum Gasteiger partial charge on any atom is -0.473 e. The number of nitrogens with zero attached hydrogens (tertiary/aromatic N) is 3. The summed E-state index contributed by atoms with van der Waals surface area (Å²) >= 11 is 5.84. The van der Waals surface area contributed by atoms with Crippen LogP contribution in [0.25, 0.3) is 0 Å². The highest BCUT2D eigenvalue weighted by Gasteiger charge is 2.21. The molecule has 1 aromatic heterocycles. The molecule has 0 aliphatic carbocycles. The van der Waals surface area contributed by atoms with E-state index in [-0.39, 0.29) is 18.2 Å². The Morgan fingerprint density at radius 2 is 1.84 bits per heavy atom. The number of anilines is 1. The third-order valence-electron chi connectivity index (χ3n) is 5.26. The quantitative estimate of drug-likeness (QED) is 0.523. The summed E-state index contributed by atoms with van der Waals surface area (Å²) in [6.45, 7) is 1.04. The van der Waals surface area contributed by atoms with E-state index in [1.807, 2.05) is 4.90 Å². The molecule has 9 heteroatoms.